The summed E-state index contributed by atoms with van der Waals surface area (Å²) in [5, 5.41) is 13.5. The second-order valence-corrected chi connectivity index (χ2v) is 5.55. The highest BCUT2D eigenvalue weighted by molar-refractivity contribution is 5.46. The van der Waals surface area contributed by atoms with Crippen LogP contribution in [0.4, 0.5) is 4.39 Å². The van der Waals surface area contributed by atoms with Crippen molar-refractivity contribution in [1.29, 1.82) is 0 Å². The molecule has 1 aromatic rings. The molecule has 2 rings (SSSR count). The molecule has 0 bridgehead atoms. The lowest BCUT2D eigenvalue weighted by atomic mass is 10.0. The van der Waals surface area contributed by atoms with Crippen molar-refractivity contribution >= 4 is 0 Å². The second-order valence-electron chi connectivity index (χ2n) is 5.55. The van der Waals surface area contributed by atoms with Gasteiger partial charge in [0.15, 0.2) is 17.3 Å². The summed E-state index contributed by atoms with van der Waals surface area (Å²) in [4.78, 5) is 0. The molecule has 0 amide bonds. The third kappa shape index (κ3) is 4.32. The first-order valence-corrected chi connectivity index (χ1v) is 7.87. The van der Waals surface area contributed by atoms with Gasteiger partial charge in [-0.1, -0.05) is 19.8 Å². The SMILES string of the molecule is CCCCCNC[C@@H](N)[C@H](O)c1cc(F)c2c(c1)OCCO2. The fourth-order valence-corrected chi connectivity index (χ4v) is 2.43. The summed E-state index contributed by atoms with van der Waals surface area (Å²) >= 11 is 0. The van der Waals surface area contributed by atoms with Crippen LogP contribution in [0.25, 0.3) is 0 Å². The molecule has 1 aliphatic rings. The first kappa shape index (κ1) is 17.0. The van der Waals surface area contributed by atoms with Crippen LogP contribution >= 0.6 is 0 Å². The number of nitrogens with two attached hydrogens (primary N) is 1. The number of hydrogen-bond donors (Lipinski definition) is 3. The van der Waals surface area contributed by atoms with Gasteiger partial charge in [-0.3, -0.25) is 0 Å². The van der Waals surface area contributed by atoms with Gasteiger partial charge in [0.05, 0.1) is 6.10 Å². The van der Waals surface area contributed by atoms with Crippen LogP contribution in [0.2, 0.25) is 0 Å². The van der Waals surface area contributed by atoms with Gasteiger partial charge in [0.1, 0.15) is 13.2 Å². The van der Waals surface area contributed by atoms with Crippen LogP contribution in [0.5, 0.6) is 11.5 Å². The smallest absolute Gasteiger partial charge is 0.197 e. The molecular weight excluding hydrogens is 287 g/mol. The number of aliphatic hydroxyl groups is 1. The van der Waals surface area contributed by atoms with Crippen molar-refractivity contribution < 1.29 is 19.0 Å². The zero-order valence-corrected chi connectivity index (χ0v) is 13.0. The van der Waals surface area contributed by atoms with Crippen molar-refractivity contribution in [1.82, 2.24) is 5.32 Å². The zero-order valence-electron chi connectivity index (χ0n) is 13.0. The Bertz CT molecular complexity index is 485. The first-order valence-electron chi connectivity index (χ1n) is 7.87. The maximum atomic E-state index is 14.0. The third-order valence-electron chi connectivity index (χ3n) is 3.70. The molecule has 0 saturated heterocycles. The van der Waals surface area contributed by atoms with Crippen LogP contribution < -0.4 is 20.5 Å². The quantitative estimate of drug-likeness (QED) is 0.637. The average molecular weight is 312 g/mol. The first-order chi connectivity index (χ1) is 10.6. The molecule has 1 heterocycles. The lowest BCUT2D eigenvalue weighted by molar-refractivity contribution is 0.140. The molecule has 1 aliphatic heterocycles. The highest BCUT2D eigenvalue weighted by Gasteiger charge is 2.23. The van der Waals surface area contributed by atoms with Gasteiger partial charge < -0.3 is 25.6 Å². The number of fused-ring (bicyclic) bond motifs is 1. The largest absolute Gasteiger partial charge is 0.486 e. The molecule has 4 N–H and O–H groups in total. The van der Waals surface area contributed by atoms with Crippen molar-refractivity contribution in [3.8, 4) is 11.5 Å². The molecule has 0 spiro atoms. The van der Waals surface area contributed by atoms with Crippen molar-refractivity contribution in [2.24, 2.45) is 5.73 Å². The van der Waals surface area contributed by atoms with E-state index in [0.29, 0.717) is 31.1 Å². The Labute approximate surface area is 130 Å². The summed E-state index contributed by atoms with van der Waals surface area (Å²) in [5.74, 6) is -0.105. The Morgan fingerprint density at radius 1 is 1.32 bits per heavy atom. The maximum Gasteiger partial charge on any atom is 0.197 e. The summed E-state index contributed by atoms with van der Waals surface area (Å²) in [5.41, 5.74) is 6.39. The monoisotopic (exact) mass is 312 g/mol. The minimum Gasteiger partial charge on any atom is -0.486 e. The van der Waals surface area contributed by atoms with Gasteiger partial charge in [-0.2, -0.15) is 0 Å². The molecule has 6 heteroatoms. The minimum atomic E-state index is -0.955. The van der Waals surface area contributed by atoms with Crippen molar-refractivity contribution in [2.45, 2.75) is 38.3 Å². The van der Waals surface area contributed by atoms with E-state index >= 15 is 0 Å². The van der Waals surface area contributed by atoms with Crippen molar-refractivity contribution in [3.63, 3.8) is 0 Å². The lowest BCUT2D eigenvalue weighted by Crippen LogP contribution is -2.39. The second kappa shape index (κ2) is 8.31. The van der Waals surface area contributed by atoms with Gasteiger partial charge in [0.25, 0.3) is 0 Å². The van der Waals surface area contributed by atoms with E-state index in [2.05, 4.69) is 12.2 Å². The zero-order chi connectivity index (χ0) is 15.9. The van der Waals surface area contributed by atoms with Crippen molar-refractivity contribution in [3.05, 3.63) is 23.5 Å². The Kier molecular flexibility index (Phi) is 6.42. The summed E-state index contributed by atoms with van der Waals surface area (Å²) in [6.07, 6.45) is 2.45. The van der Waals surface area contributed by atoms with E-state index < -0.39 is 18.0 Å². The van der Waals surface area contributed by atoms with Crippen LogP contribution in [0, 0.1) is 5.82 Å². The Hall–Kier alpha value is -1.37. The van der Waals surface area contributed by atoms with E-state index in [1.807, 2.05) is 0 Å². The van der Waals surface area contributed by atoms with Crippen LogP contribution in [0.1, 0.15) is 37.9 Å². The highest BCUT2D eigenvalue weighted by atomic mass is 19.1. The topological polar surface area (TPSA) is 76.7 Å². The molecular formula is C16H25FN2O3. The predicted molar refractivity (Wildman–Crippen MR) is 82.7 cm³/mol. The molecule has 124 valence electrons. The number of rotatable bonds is 8. The van der Waals surface area contributed by atoms with E-state index in [1.165, 1.54) is 6.07 Å². The molecule has 0 radical (unpaired) electrons. The Morgan fingerprint density at radius 2 is 2.09 bits per heavy atom. The number of hydrogen-bond acceptors (Lipinski definition) is 5. The molecule has 0 unspecified atom stereocenters. The van der Waals surface area contributed by atoms with Crippen LogP contribution in [0.3, 0.4) is 0 Å². The summed E-state index contributed by atoms with van der Waals surface area (Å²) in [6.45, 7) is 4.18. The van der Waals surface area contributed by atoms with E-state index in [9.17, 15) is 9.50 Å². The Balaban J connectivity index is 1.94. The lowest BCUT2D eigenvalue weighted by Gasteiger charge is -2.23. The van der Waals surface area contributed by atoms with Gasteiger partial charge in [0.2, 0.25) is 0 Å². The predicted octanol–water partition coefficient (Wildman–Crippen LogP) is 1.74. The normalized spacial score (nSPS) is 16.4. The number of unbranched alkanes of at least 4 members (excludes halogenated alkanes) is 2. The third-order valence-corrected chi connectivity index (χ3v) is 3.70. The number of ether oxygens (including phenoxy) is 2. The average Bonchev–Trinajstić information content (AvgIpc) is 2.53. The number of nitrogens with one attached hydrogen (secondary N) is 1. The van der Waals surface area contributed by atoms with E-state index in [-0.39, 0.29) is 5.75 Å². The van der Waals surface area contributed by atoms with Gasteiger partial charge >= 0.3 is 0 Å². The standard InChI is InChI=1S/C16H25FN2O3/c1-2-3-4-5-19-10-13(18)15(20)11-8-12(17)16-14(9-11)21-6-7-22-16/h8-9,13,15,19-20H,2-7,10,18H2,1H3/t13-,15-/m1/s1. The summed E-state index contributed by atoms with van der Waals surface area (Å²) in [7, 11) is 0. The number of halogens is 1. The molecule has 22 heavy (non-hydrogen) atoms. The summed E-state index contributed by atoms with van der Waals surface area (Å²) in [6, 6.07) is 2.34. The maximum absolute atomic E-state index is 14.0. The van der Waals surface area contributed by atoms with E-state index in [0.717, 1.165) is 25.8 Å². The van der Waals surface area contributed by atoms with Crippen LogP contribution in [-0.2, 0) is 0 Å². The fourth-order valence-electron chi connectivity index (χ4n) is 2.43. The van der Waals surface area contributed by atoms with Crippen LogP contribution in [-0.4, -0.2) is 37.5 Å². The van der Waals surface area contributed by atoms with Gasteiger partial charge in [-0.05, 0) is 30.7 Å². The van der Waals surface area contributed by atoms with Crippen LogP contribution in [0.15, 0.2) is 12.1 Å². The van der Waals surface area contributed by atoms with Crippen molar-refractivity contribution in [2.75, 3.05) is 26.3 Å². The molecule has 0 fully saturated rings. The fraction of sp³-hybridized carbons (Fsp3) is 0.625. The molecule has 0 aliphatic carbocycles. The summed E-state index contributed by atoms with van der Waals surface area (Å²) < 4.78 is 24.6. The van der Waals surface area contributed by atoms with E-state index in [4.69, 9.17) is 15.2 Å². The van der Waals surface area contributed by atoms with Gasteiger partial charge in [-0.25, -0.2) is 4.39 Å². The highest BCUT2D eigenvalue weighted by Crippen LogP contribution is 2.36. The minimum absolute atomic E-state index is 0.105. The van der Waals surface area contributed by atoms with Gasteiger partial charge in [0, 0.05) is 12.6 Å². The molecule has 5 nitrogen and oxygen atoms in total. The van der Waals surface area contributed by atoms with Gasteiger partial charge in [-0.15, -0.1) is 0 Å². The molecule has 0 aromatic heterocycles. The number of benzene rings is 1. The van der Waals surface area contributed by atoms with E-state index in [1.54, 1.807) is 6.07 Å². The Morgan fingerprint density at radius 3 is 2.86 bits per heavy atom. The molecule has 0 saturated carbocycles. The molecule has 1 aromatic carbocycles. The number of aliphatic hydroxyl groups excluding tert-OH is 1. The molecule has 2 atom stereocenters.